The molecular weight excluding hydrogens is 186 g/mol. The molecule has 2 atom stereocenters. The van der Waals surface area contributed by atoms with E-state index in [2.05, 4.69) is 19.9 Å². The van der Waals surface area contributed by atoms with Gasteiger partial charge in [-0.1, -0.05) is 39.5 Å². The number of nitriles is 1. The minimum atomic E-state index is -0.158. The first kappa shape index (κ1) is 12.5. The fourth-order valence-corrected chi connectivity index (χ4v) is 2.40. The van der Waals surface area contributed by atoms with Gasteiger partial charge in [-0.2, -0.15) is 5.26 Å². The summed E-state index contributed by atoms with van der Waals surface area (Å²) in [6, 6.07) is 2.49. The van der Waals surface area contributed by atoms with E-state index in [-0.39, 0.29) is 5.41 Å². The summed E-state index contributed by atoms with van der Waals surface area (Å²) in [7, 11) is 0. The molecule has 86 valence electrons. The van der Waals surface area contributed by atoms with Crippen molar-refractivity contribution >= 4 is 0 Å². The predicted molar refractivity (Wildman–Crippen MR) is 61.4 cm³/mol. The molecule has 1 fully saturated rings. The van der Waals surface area contributed by atoms with Gasteiger partial charge in [-0.15, -0.1) is 0 Å². The summed E-state index contributed by atoms with van der Waals surface area (Å²) >= 11 is 0. The van der Waals surface area contributed by atoms with Gasteiger partial charge in [0.1, 0.15) is 0 Å². The van der Waals surface area contributed by atoms with Crippen LogP contribution in [0, 0.1) is 22.7 Å². The number of rotatable bonds is 6. The molecule has 1 heterocycles. The Kier molecular flexibility index (Phi) is 5.11. The number of nitrogens with zero attached hydrogens (tertiary/aromatic N) is 1. The van der Waals surface area contributed by atoms with Gasteiger partial charge in [-0.25, -0.2) is 0 Å². The number of hydrogen-bond acceptors (Lipinski definition) is 2. The number of unbranched alkanes of at least 4 members (excludes halogenated alkanes) is 1. The standard InChI is InChI=1S/C13H23NO/c1-3-5-6-12(4-2)9-13(10-14)7-8-15-11-13/h12H,3-9,11H2,1-2H3. The third-order valence-corrected chi connectivity index (χ3v) is 3.56. The molecule has 15 heavy (non-hydrogen) atoms. The highest BCUT2D eigenvalue weighted by Crippen LogP contribution is 2.37. The highest BCUT2D eigenvalue weighted by Gasteiger charge is 2.36. The molecule has 0 spiro atoms. The van der Waals surface area contributed by atoms with Crippen LogP contribution in [-0.4, -0.2) is 13.2 Å². The second kappa shape index (κ2) is 6.12. The zero-order valence-electron chi connectivity index (χ0n) is 10.1. The lowest BCUT2D eigenvalue weighted by molar-refractivity contribution is 0.158. The van der Waals surface area contributed by atoms with Gasteiger partial charge >= 0.3 is 0 Å². The molecule has 0 aromatic carbocycles. The Morgan fingerprint density at radius 2 is 2.27 bits per heavy atom. The first-order valence-electron chi connectivity index (χ1n) is 6.25. The second-order valence-corrected chi connectivity index (χ2v) is 4.82. The molecule has 0 N–H and O–H groups in total. The molecule has 0 amide bonds. The van der Waals surface area contributed by atoms with Crippen LogP contribution in [0.3, 0.4) is 0 Å². The van der Waals surface area contributed by atoms with E-state index in [0.29, 0.717) is 12.5 Å². The summed E-state index contributed by atoms with van der Waals surface area (Å²) in [5, 5.41) is 9.26. The highest BCUT2D eigenvalue weighted by molar-refractivity contribution is 5.02. The lowest BCUT2D eigenvalue weighted by atomic mass is 9.77. The zero-order valence-corrected chi connectivity index (χ0v) is 10.1. The van der Waals surface area contributed by atoms with Crippen molar-refractivity contribution in [3.05, 3.63) is 0 Å². The molecule has 0 aliphatic carbocycles. The maximum Gasteiger partial charge on any atom is 0.0831 e. The second-order valence-electron chi connectivity index (χ2n) is 4.82. The Hall–Kier alpha value is -0.550. The van der Waals surface area contributed by atoms with Gasteiger partial charge in [0.05, 0.1) is 18.1 Å². The topological polar surface area (TPSA) is 33.0 Å². The molecule has 2 nitrogen and oxygen atoms in total. The van der Waals surface area contributed by atoms with Gasteiger partial charge in [0.25, 0.3) is 0 Å². The molecule has 0 aromatic rings. The van der Waals surface area contributed by atoms with E-state index < -0.39 is 0 Å². The van der Waals surface area contributed by atoms with E-state index in [1.54, 1.807) is 0 Å². The number of ether oxygens (including phenoxy) is 1. The van der Waals surface area contributed by atoms with Crippen LogP contribution < -0.4 is 0 Å². The molecule has 1 aliphatic rings. The summed E-state index contributed by atoms with van der Waals surface area (Å²) in [4.78, 5) is 0. The largest absolute Gasteiger partial charge is 0.380 e. The first-order chi connectivity index (χ1) is 7.26. The van der Waals surface area contributed by atoms with Crippen LogP contribution in [-0.2, 0) is 4.74 Å². The predicted octanol–water partition coefficient (Wildman–Crippen LogP) is 3.52. The average molecular weight is 209 g/mol. The monoisotopic (exact) mass is 209 g/mol. The fourth-order valence-electron chi connectivity index (χ4n) is 2.40. The molecule has 2 heteroatoms. The molecule has 1 saturated heterocycles. The van der Waals surface area contributed by atoms with Crippen molar-refractivity contribution in [2.45, 2.75) is 52.4 Å². The Morgan fingerprint density at radius 1 is 1.47 bits per heavy atom. The molecular formula is C13H23NO. The van der Waals surface area contributed by atoms with Crippen LogP contribution in [0.1, 0.15) is 52.4 Å². The van der Waals surface area contributed by atoms with Crippen molar-refractivity contribution in [2.24, 2.45) is 11.3 Å². The number of hydrogen-bond donors (Lipinski definition) is 0. The van der Waals surface area contributed by atoms with Crippen molar-refractivity contribution in [2.75, 3.05) is 13.2 Å². The molecule has 0 bridgehead atoms. The van der Waals surface area contributed by atoms with E-state index in [4.69, 9.17) is 4.74 Å². The van der Waals surface area contributed by atoms with Crippen molar-refractivity contribution in [3.8, 4) is 6.07 Å². The summed E-state index contributed by atoms with van der Waals surface area (Å²) in [5.74, 6) is 0.714. The van der Waals surface area contributed by atoms with Crippen LogP contribution in [0.2, 0.25) is 0 Å². The molecule has 1 rings (SSSR count). The summed E-state index contributed by atoms with van der Waals surface area (Å²) in [6.07, 6.45) is 7.00. The van der Waals surface area contributed by atoms with E-state index in [1.807, 2.05) is 0 Å². The average Bonchev–Trinajstić information content (AvgIpc) is 2.73. The van der Waals surface area contributed by atoms with Crippen LogP contribution in [0.15, 0.2) is 0 Å². The molecule has 0 radical (unpaired) electrons. The van der Waals surface area contributed by atoms with Gasteiger partial charge in [-0.05, 0) is 18.8 Å². The van der Waals surface area contributed by atoms with E-state index in [9.17, 15) is 5.26 Å². The van der Waals surface area contributed by atoms with Crippen LogP contribution in [0.5, 0.6) is 0 Å². The Labute approximate surface area is 93.6 Å². The summed E-state index contributed by atoms with van der Waals surface area (Å²) in [6.45, 7) is 5.90. The van der Waals surface area contributed by atoms with E-state index in [1.165, 1.54) is 25.7 Å². The lowest BCUT2D eigenvalue weighted by Gasteiger charge is -2.24. The zero-order chi connectivity index (χ0) is 11.1. The molecule has 2 unspecified atom stereocenters. The van der Waals surface area contributed by atoms with Crippen molar-refractivity contribution < 1.29 is 4.74 Å². The quantitative estimate of drug-likeness (QED) is 0.670. The van der Waals surface area contributed by atoms with Gasteiger partial charge in [0, 0.05) is 6.61 Å². The minimum absolute atomic E-state index is 0.158. The summed E-state index contributed by atoms with van der Waals surface area (Å²) < 4.78 is 5.38. The smallest absolute Gasteiger partial charge is 0.0831 e. The third-order valence-electron chi connectivity index (χ3n) is 3.56. The van der Waals surface area contributed by atoms with Crippen LogP contribution in [0.4, 0.5) is 0 Å². The highest BCUT2D eigenvalue weighted by atomic mass is 16.5. The van der Waals surface area contributed by atoms with Crippen molar-refractivity contribution in [1.29, 1.82) is 5.26 Å². The molecule has 0 saturated carbocycles. The van der Waals surface area contributed by atoms with E-state index in [0.717, 1.165) is 19.4 Å². The molecule has 1 aliphatic heterocycles. The SMILES string of the molecule is CCCCC(CC)CC1(C#N)CCOC1. The Balaban J connectivity index is 2.45. The van der Waals surface area contributed by atoms with Gasteiger partial charge in [-0.3, -0.25) is 0 Å². The molecule has 0 aromatic heterocycles. The lowest BCUT2D eigenvalue weighted by Crippen LogP contribution is -2.22. The maximum absolute atomic E-state index is 9.26. The van der Waals surface area contributed by atoms with Crippen LogP contribution >= 0.6 is 0 Å². The normalized spacial score (nSPS) is 27.5. The fraction of sp³-hybridized carbons (Fsp3) is 0.923. The minimum Gasteiger partial charge on any atom is -0.380 e. The van der Waals surface area contributed by atoms with Crippen LogP contribution in [0.25, 0.3) is 0 Å². The Bertz CT molecular complexity index is 213. The van der Waals surface area contributed by atoms with Gasteiger partial charge < -0.3 is 4.74 Å². The van der Waals surface area contributed by atoms with Gasteiger partial charge in [0.2, 0.25) is 0 Å². The first-order valence-corrected chi connectivity index (χ1v) is 6.25. The maximum atomic E-state index is 9.26. The van der Waals surface area contributed by atoms with Gasteiger partial charge in [0.15, 0.2) is 0 Å². The van der Waals surface area contributed by atoms with Crippen molar-refractivity contribution in [3.63, 3.8) is 0 Å². The van der Waals surface area contributed by atoms with Crippen molar-refractivity contribution in [1.82, 2.24) is 0 Å². The van der Waals surface area contributed by atoms with E-state index >= 15 is 0 Å². The Morgan fingerprint density at radius 3 is 2.73 bits per heavy atom. The third kappa shape index (κ3) is 3.50. The summed E-state index contributed by atoms with van der Waals surface area (Å²) in [5.41, 5.74) is -0.158.